The van der Waals surface area contributed by atoms with Crippen LogP contribution in [0.25, 0.3) is 6.08 Å². The van der Waals surface area contributed by atoms with Gasteiger partial charge in [-0.15, -0.1) is 0 Å². The molecule has 2 fully saturated rings. The molecule has 166 valence electrons. The number of likely N-dealkylation sites (N-methyl/N-ethyl adjacent to an activating group) is 1. The highest BCUT2D eigenvalue weighted by Crippen LogP contribution is 2.36. The van der Waals surface area contributed by atoms with Gasteiger partial charge in [-0.2, -0.15) is 0 Å². The number of amides is 2. The summed E-state index contributed by atoms with van der Waals surface area (Å²) in [6.45, 7) is 4.60. The molecule has 2 heterocycles. The molecule has 0 unspecified atom stereocenters. The van der Waals surface area contributed by atoms with Crippen molar-refractivity contribution < 1.29 is 14.3 Å². The molecule has 0 N–H and O–H groups in total. The number of nitrogens with zero attached hydrogens (tertiary/aromatic N) is 3. The van der Waals surface area contributed by atoms with Gasteiger partial charge in [0.15, 0.2) is 5.17 Å². The van der Waals surface area contributed by atoms with Crippen LogP contribution in [0.1, 0.15) is 22.8 Å². The van der Waals surface area contributed by atoms with E-state index in [0.29, 0.717) is 69.8 Å². The number of halogens is 2. The summed E-state index contributed by atoms with van der Waals surface area (Å²) in [4.78, 5) is 34.3. The normalized spacial score (nSPS) is 19.3. The van der Waals surface area contributed by atoms with Gasteiger partial charge in [-0.1, -0.05) is 41.4 Å². The van der Waals surface area contributed by atoms with Crippen LogP contribution in [0, 0.1) is 0 Å². The summed E-state index contributed by atoms with van der Waals surface area (Å²) in [6.07, 6.45) is 1.73. The number of carbonyl (C=O) groups is 2. The number of benzene rings is 2. The fraction of sp³-hybridized carbons (Fsp3) is 0.261. The lowest BCUT2D eigenvalue weighted by molar-refractivity contribution is -0.122. The monoisotopic (exact) mass is 489 g/mol. The van der Waals surface area contributed by atoms with E-state index >= 15 is 0 Å². The second-order valence-corrected chi connectivity index (χ2v) is 8.95. The molecule has 2 aliphatic heterocycles. The standard InChI is InChI=1S/C23H21Cl2N3O3S/c1-2-28-22(30)19(14-15-5-4-8-18(24)20(15)25)32-23(28)26-17-7-3-6-16(13-17)21(29)27-9-11-31-12-10-27/h3-8,13-14H,2,9-12H2,1H3/b19-14+,26-23?. The first-order valence-electron chi connectivity index (χ1n) is 10.2. The van der Waals surface area contributed by atoms with Crippen molar-refractivity contribution in [1.29, 1.82) is 0 Å². The SMILES string of the molecule is CCN1C(=O)/C(=C\c2cccc(Cl)c2Cl)SC1=Nc1cccc(C(=O)N2CCOCC2)c1. The van der Waals surface area contributed by atoms with E-state index < -0.39 is 0 Å². The van der Waals surface area contributed by atoms with Gasteiger partial charge in [-0.3, -0.25) is 14.5 Å². The van der Waals surface area contributed by atoms with Gasteiger partial charge in [0.1, 0.15) is 0 Å². The molecule has 0 saturated carbocycles. The minimum absolute atomic E-state index is 0.0472. The molecule has 0 aliphatic carbocycles. The van der Waals surface area contributed by atoms with Gasteiger partial charge in [-0.05, 0) is 54.6 Å². The van der Waals surface area contributed by atoms with E-state index in [2.05, 4.69) is 4.99 Å². The van der Waals surface area contributed by atoms with E-state index in [9.17, 15) is 9.59 Å². The number of carbonyl (C=O) groups excluding carboxylic acids is 2. The lowest BCUT2D eigenvalue weighted by atomic mass is 10.1. The lowest BCUT2D eigenvalue weighted by Crippen LogP contribution is -2.40. The van der Waals surface area contributed by atoms with Crippen molar-refractivity contribution in [3.8, 4) is 0 Å². The van der Waals surface area contributed by atoms with Crippen molar-refractivity contribution in [2.45, 2.75) is 6.92 Å². The lowest BCUT2D eigenvalue weighted by Gasteiger charge is -2.26. The van der Waals surface area contributed by atoms with Crippen molar-refractivity contribution in [3.05, 3.63) is 68.5 Å². The Morgan fingerprint density at radius 3 is 2.69 bits per heavy atom. The maximum absolute atomic E-state index is 12.9. The highest BCUT2D eigenvalue weighted by atomic mass is 35.5. The molecule has 0 atom stereocenters. The van der Waals surface area contributed by atoms with Gasteiger partial charge in [0.05, 0.1) is 33.9 Å². The van der Waals surface area contributed by atoms with E-state index in [4.69, 9.17) is 27.9 Å². The average molecular weight is 490 g/mol. The Hall–Kier alpha value is -2.32. The predicted molar refractivity (Wildman–Crippen MR) is 130 cm³/mol. The number of hydrogen-bond donors (Lipinski definition) is 0. The fourth-order valence-electron chi connectivity index (χ4n) is 3.41. The topological polar surface area (TPSA) is 62.2 Å². The van der Waals surface area contributed by atoms with E-state index in [0.717, 1.165) is 0 Å². The van der Waals surface area contributed by atoms with Crippen molar-refractivity contribution in [2.75, 3.05) is 32.8 Å². The molecule has 0 radical (unpaired) electrons. The number of amidine groups is 1. The minimum Gasteiger partial charge on any atom is -0.378 e. The Bertz CT molecular complexity index is 1110. The Balaban J connectivity index is 1.61. The van der Waals surface area contributed by atoms with Crippen LogP contribution >= 0.6 is 35.0 Å². The van der Waals surface area contributed by atoms with Gasteiger partial charge in [0, 0.05) is 25.2 Å². The Labute approximate surface area is 200 Å². The van der Waals surface area contributed by atoms with Gasteiger partial charge in [-0.25, -0.2) is 4.99 Å². The zero-order valence-electron chi connectivity index (χ0n) is 17.4. The summed E-state index contributed by atoms with van der Waals surface area (Å²) in [5.74, 6) is -0.193. The molecule has 32 heavy (non-hydrogen) atoms. The fourth-order valence-corrected chi connectivity index (χ4v) is 4.83. The van der Waals surface area contributed by atoms with Crippen LogP contribution in [0.2, 0.25) is 10.0 Å². The maximum atomic E-state index is 12.9. The third kappa shape index (κ3) is 4.86. The highest BCUT2D eigenvalue weighted by molar-refractivity contribution is 8.18. The van der Waals surface area contributed by atoms with Crippen LogP contribution in [-0.4, -0.2) is 59.6 Å². The number of thioether (sulfide) groups is 1. The number of rotatable bonds is 4. The van der Waals surface area contributed by atoms with Crippen molar-refractivity contribution >= 4 is 63.7 Å². The third-order valence-electron chi connectivity index (χ3n) is 5.09. The van der Waals surface area contributed by atoms with Crippen LogP contribution in [0.3, 0.4) is 0 Å². The molecule has 0 spiro atoms. The smallest absolute Gasteiger partial charge is 0.266 e. The predicted octanol–water partition coefficient (Wildman–Crippen LogP) is 5.09. The number of ether oxygens (including phenoxy) is 1. The van der Waals surface area contributed by atoms with Crippen molar-refractivity contribution in [1.82, 2.24) is 9.80 Å². The number of hydrogen-bond acceptors (Lipinski definition) is 5. The average Bonchev–Trinajstić information content (AvgIpc) is 3.10. The molecule has 6 nitrogen and oxygen atoms in total. The first kappa shape index (κ1) is 22.9. The summed E-state index contributed by atoms with van der Waals surface area (Å²) in [7, 11) is 0. The Morgan fingerprint density at radius 1 is 1.19 bits per heavy atom. The van der Waals surface area contributed by atoms with Crippen molar-refractivity contribution in [3.63, 3.8) is 0 Å². The van der Waals surface area contributed by atoms with Gasteiger partial charge >= 0.3 is 0 Å². The second kappa shape index (κ2) is 10.1. The molecule has 9 heteroatoms. The molecule has 2 amide bonds. The van der Waals surface area contributed by atoms with Gasteiger partial charge < -0.3 is 9.64 Å². The molecule has 2 aromatic rings. The first-order valence-corrected chi connectivity index (χ1v) is 11.8. The van der Waals surface area contributed by atoms with E-state index in [-0.39, 0.29) is 11.8 Å². The number of morpholine rings is 1. The molecule has 0 aromatic heterocycles. The molecule has 4 rings (SSSR count). The van der Waals surface area contributed by atoms with Crippen LogP contribution in [-0.2, 0) is 9.53 Å². The summed E-state index contributed by atoms with van der Waals surface area (Å²) in [6, 6.07) is 12.4. The minimum atomic E-state index is -0.146. The van der Waals surface area contributed by atoms with Crippen molar-refractivity contribution in [2.24, 2.45) is 4.99 Å². The largest absolute Gasteiger partial charge is 0.378 e. The third-order valence-corrected chi connectivity index (χ3v) is 6.93. The van der Waals surface area contributed by atoms with Crippen LogP contribution < -0.4 is 0 Å². The molecular formula is C23H21Cl2N3O3S. The number of aliphatic imine (C=N–C) groups is 1. The summed E-state index contributed by atoms with van der Waals surface area (Å²) in [5.41, 5.74) is 1.85. The molecule has 2 aliphatic rings. The maximum Gasteiger partial charge on any atom is 0.266 e. The first-order chi connectivity index (χ1) is 15.5. The molecule has 2 saturated heterocycles. The summed E-state index contributed by atoms with van der Waals surface area (Å²) >= 11 is 13.7. The molecular weight excluding hydrogens is 469 g/mol. The Morgan fingerprint density at radius 2 is 1.94 bits per heavy atom. The van der Waals surface area contributed by atoms with E-state index in [1.54, 1.807) is 52.3 Å². The van der Waals surface area contributed by atoms with E-state index in [1.165, 1.54) is 11.8 Å². The molecule has 2 aromatic carbocycles. The zero-order chi connectivity index (χ0) is 22.7. The summed E-state index contributed by atoms with van der Waals surface area (Å²) in [5, 5.41) is 1.38. The van der Waals surface area contributed by atoms with E-state index in [1.807, 2.05) is 13.0 Å². The van der Waals surface area contributed by atoms with Gasteiger partial charge in [0.2, 0.25) is 0 Å². The highest BCUT2D eigenvalue weighted by Gasteiger charge is 2.32. The van der Waals surface area contributed by atoms with Crippen LogP contribution in [0.4, 0.5) is 5.69 Å². The Kier molecular flexibility index (Phi) is 7.20. The molecule has 0 bridgehead atoms. The quantitative estimate of drug-likeness (QED) is 0.561. The van der Waals surface area contributed by atoms with Gasteiger partial charge in [0.25, 0.3) is 11.8 Å². The van der Waals surface area contributed by atoms with Crippen LogP contribution in [0.15, 0.2) is 52.4 Å². The second-order valence-electron chi connectivity index (χ2n) is 7.15. The zero-order valence-corrected chi connectivity index (χ0v) is 19.7. The van der Waals surface area contributed by atoms with Crippen LogP contribution in [0.5, 0.6) is 0 Å². The summed E-state index contributed by atoms with van der Waals surface area (Å²) < 4.78 is 5.32.